The first-order chi connectivity index (χ1) is 13.3. The van der Waals surface area contributed by atoms with E-state index in [1.807, 2.05) is 13.8 Å². The predicted molar refractivity (Wildman–Crippen MR) is 124 cm³/mol. The highest BCUT2D eigenvalue weighted by Gasteiger charge is 2.33. The Morgan fingerprint density at radius 2 is 1.64 bits per heavy atom. The van der Waals surface area contributed by atoms with Crippen LogP contribution in [-0.4, -0.2) is 67.9 Å². The monoisotopic (exact) mass is 441 g/mol. The van der Waals surface area contributed by atoms with Crippen LogP contribution < -0.4 is 16.4 Å². The number of ether oxygens (including phenoxy) is 1. The van der Waals surface area contributed by atoms with Crippen LogP contribution in [0.2, 0.25) is 0 Å². The van der Waals surface area contributed by atoms with Crippen molar-refractivity contribution in [2.75, 3.05) is 44.9 Å². The lowest BCUT2D eigenvalue weighted by Crippen LogP contribution is -2.46. The minimum atomic E-state index is -1.18. The minimum Gasteiger partial charge on any atom is -0.384 e. The van der Waals surface area contributed by atoms with Gasteiger partial charge in [0.1, 0.15) is 6.10 Å². The van der Waals surface area contributed by atoms with E-state index in [9.17, 15) is 14.7 Å². The molecule has 0 unspecified atom stereocenters. The van der Waals surface area contributed by atoms with Crippen LogP contribution in [0.5, 0.6) is 0 Å². The average Bonchev–Trinajstić information content (AvgIpc) is 2.66. The van der Waals surface area contributed by atoms with Gasteiger partial charge in [-0.25, -0.2) is 0 Å². The molecule has 9 heteroatoms. The average molecular weight is 442 g/mol. The van der Waals surface area contributed by atoms with E-state index in [0.717, 1.165) is 11.5 Å². The van der Waals surface area contributed by atoms with Crippen molar-refractivity contribution in [2.45, 2.75) is 60.5 Å². The molecule has 28 heavy (non-hydrogen) atoms. The van der Waals surface area contributed by atoms with Gasteiger partial charge < -0.3 is 26.2 Å². The zero-order valence-electron chi connectivity index (χ0n) is 18.8. The van der Waals surface area contributed by atoms with E-state index in [1.54, 1.807) is 35.4 Å². The third-order valence-electron chi connectivity index (χ3n) is 2.95. The molecule has 7 nitrogen and oxygen atoms in total. The number of amides is 2. The number of hydrogen-bond acceptors (Lipinski definition) is 7. The van der Waals surface area contributed by atoms with Gasteiger partial charge in [0.25, 0.3) is 0 Å². The molecular formula is C19H43N3O4S2. The highest BCUT2D eigenvalue weighted by atomic mass is 33.1. The molecule has 0 spiro atoms. The standard InChI is InChI=1S/C14H29N3O4S2.C3H8.C2H6/c1-14(2,10-21-3)12(19)13(20)17-6-4-11(18)16-7-9-23-22-8-5-15;1-3-2;1-2/h12,19H,4-10,15H2,1-3H3,(H,16,18)(H,17,20);3H2,1-2H3;1-2H3/t12-;;/m0../s1. The van der Waals surface area contributed by atoms with Crippen LogP contribution in [0.15, 0.2) is 0 Å². The van der Waals surface area contributed by atoms with E-state index in [4.69, 9.17) is 10.5 Å². The van der Waals surface area contributed by atoms with Crippen molar-refractivity contribution in [1.29, 1.82) is 0 Å². The van der Waals surface area contributed by atoms with Gasteiger partial charge in [-0.15, -0.1) is 0 Å². The lowest BCUT2D eigenvalue weighted by atomic mass is 9.87. The molecule has 1 atom stereocenters. The Labute approximate surface area is 180 Å². The van der Waals surface area contributed by atoms with Gasteiger partial charge in [0.05, 0.1) is 6.61 Å². The van der Waals surface area contributed by atoms with Crippen molar-refractivity contribution >= 4 is 33.4 Å². The maximum absolute atomic E-state index is 11.8. The fourth-order valence-electron chi connectivity index (χ4n) is 1.69. The molecule has 2 amide bonds. The molecule has 0 aromatic carbocycles. The summed E-state index contributed by atoms with van der Waals surface area (Å²) >= 11 is 0. The Kier molecular flexibility index (Phi) is 26.2. The molecule has 0 aliphatic carbocycles. The Hall–Kier alpha value is -0.480. The van der Waals surface area contributed by atoms with Gasteiger partial charge in [0.2, 0.25) is 11.8 Å². The fourth-order valence-corrected chi connectivity index (χ4v) is 3.45. The number of nitrogens with one attached hydrogen (secondary N) is 2. The summed E-state index contributed by atoms with van der Waals surface area (Å²) in [6, 6.07) is 0. The molecule has 5 N–H and O–H groups in total. The van der Waals surface area contributed by atoms with Crippen LogP contribution in [0.25, 0.3) is 0 Å². The molecule has 0 radical (unpaired) electrons. The van der Waals surface area contributed by atoms with Crippen molar-refractivity contribution in [3.05, 3.63) is 0 Å². The number of rotatable bonds is 13. The van der Waals surface area contributed by atoms with E-state index < -0.39 is 17.4 Å². The Bertz CT molecular complexity index is 373. The number of nitrogens with two attached hydrogens (primary N) is 1. The predicted octanol–water partition coefficient (Wildman–Crippen LogP) is 2.43. The summed E-state index contributed by atoms with van der Waals surface area (Å²) in [6.07, 6.45) is 0.255. The number of methoxy groups -OCH3 is 1. The summed E-state index contributed by atoms with van der Waals surface area (Å²) in [7, 11) is 4.87. The van der Waals surface area contributed by atoms with Crippen molar-refractivity contribution in [3.63, 3.8) is 0 Å². The topological polar surface area (TPSA) is 114 Å². The van der Waals surface area contributed by atoms with E-state index in [-0.39, 0.29) is 25.5 Å². The summed E-state index contributed by atoms with van der Waals surface area (Å²) in [5.74, 6) is 1.09. The molecule has 0 aliphatic heterocycles. The highest BCUT2D eigenvalue weighted by Crippen LogP contribution is 2.21. The largest absolute Gasteiger partial charge is 0.384 e. The van der Waals surface area contributed by atoms with E-state index in [0.29, 0.717) is 13.1 Å². The second kappa shape index (κ2) is 22.8. The van der Waals surface area contributed by atoms with Crippen LogP contribution in [0.3, 0.4) is 0 Å². The molecule has 0 fully saturated rings. The normalized spacial score (nSPS) is 11.3. The first-order valence-corrected chi connectivity index (χ1v) is 12.4. The fraction of sp³-hybridized carbons (Fsp3) is 0.895. The van der Waals surface area contributed by atoms with E-state index >= 15 is 0 Å². The van der Waals surface area contributed by atoms with Gasteiger partial charge in [-0.1, -0.05) is 69.6 Å². The molecule has 0 bridgehead atoms. The first-order valence-electron chi connectivity index (χ1n) is 9.92. The van der Waals surface area contributed by atoms with Gasteiger partial charge in [-0.3, -0.25) is 9.59 Å². The van der Waals surface area contributed by atoms with Gasteiger partial charge >= 0.3 is 0 Å². The third kappa shape index (κ3) is 20.3. The zero-order chi connectivity index (χ0) is 22.4. The summed E-state index contributed by atoms with van der Waals surface area (Å²) in [6.45, 7) is 13.4. The third-order valence-corrected chi connectivity index (χ3v) is 5.39. The summed E-state index contributed by atoms with van der Waals surface area (Å²) in [5, 5.41) is 15.3. The van der Waals surface area contributed by atoms with Gasteiger partial charge in [-0.05, 0) is 0 Å². The SMILES string of the molecule is CC.CCC.COCC(C)(C)[C@@H](O)C(=O)NCCC(=O)NCCSSCCN. The van der Waals surface area contributed by atoms with Gasteiger partial charge in [0, 0.05) is 50.1 Å². The van der Waals surface area contributed by atoms with Crippen LogP contribution >= 0.6 is 21.6 Å². The number of aliphatic hydroxyl groups excluding tert-OH is 1. The molecule has 170 valence electrons. The molecule has 0 saturated heterocycles. The van der Waals surface area contributed by atoms with Crippen molar-refractivity contribution < 1.29 is 19.4 Å². The minimum absolute atomic E-state index is 0.125. The smallest absolute Gasteiger partial charge is 0.249 e. The van der Waals surface area contributed by atoms with Crippen molar-refractivity contribution in [3.8, 4) is 0 Å². The molecule has 0 aliphatic rings. The van der Waals surface area contributed by atoms with Gasteiger partial charge in [0.15, 0.2) is 0 Å². The van der Waals surface area contributed by atoms with Crippen LogP contribution in [0.4, 0.5) is 0 Å². The molecule has 0 saturated carbocycles. The van der Waals surface area contributed by atoms with Gasteiger partial charge in [-0.2, -0.15) is 0 Å². The summed E-state index contributed by atoms with van der Waals surface area (Å²) in [4.78, 5) is 23.4. The van der Waals surface area contributed by atoms with Crippen LogP contribution in [-0.2, 0) is 14.3 Å². The number of aliphatic hydroxyl groups is 1. The number of carbonyl (C=O) groups excluding carboxylic acids is 2. The highest BCUT2D eigenvalue weighted by molar-refractivity contribution is 8.76. The lowest BCUT2D eigenvalue weighted by molar-refractivity contribution is -0.137. The quantitative estimate of drug-likeness (QED) is 0.256. The summed E-state index contributed by atoms with van der Waals surface area (Å²) < 4.78 is 4.99. The summed E-state index contributed by atoms with van der Waals surface area (Å²) in [5.41, 5.74) is 4.69. The van der Waals surface area contributed by atoms with Crippen molar-refractivity contribution in [2.24, 2.45) is 11.1 Å². The Balaban J connectivity index is -0.00000113. The lowest BCUT2D eigenvalue weighted by Gasteiger charge is -2.28. The molecule has 0 aromatic rings. The Morgan fingerprint density at radius 3 is 2.14 bits per heavy atom. The van der Waals surface area contributed by atoms with Crippen LogP contribution in [0.1, 0.15) is 54.4 Å². The zero-order valence-corrected chi connectivity index (χ0v) is 20.4. The molecular weight excluding hydrogens is 398 g/mol. The molecule has 0 aromatic heterocycles. The maximum atomic E-state index is 11.8. The second-order valence-corrected chi connectivity index (χ2v) is 9.06. The number of hydrogen-bond donors (Lipinski definition) is 4. The van der Waals surface area contributed by atoms with E-state index in [2.05, 4.69) is 24.5 Å². The molecule has 0 heterocycles. The van der Waals surface area contributed by atoms with E-state index in [1.165, 1.54) is 13.5 Å². The van der Waals surface area contributed by atoms with Crippen LogP contribution in [0, 0.1) is 5.41 Å². The Morgan fingerprint density at radius 1 is 1.11 bits per heavy atom. The number of carbonyl (C=O) groups is 2. The molecule has 0 rings (SSSR count). The second-order valence-electron chi connectivity index (χ2n) is 6.35. The first kappa shape index (κ1) is 32.2. The van der Waals surface area contributed by atoms with Crippen molar-refractivity contribution in [1.82, 2.24) is 10.6 Å². The maximum Gasteiger partial charge on any atom is 0.249 e.